The fourth-order valence-corrected chi connectivity index (χ4v) is 12.0. The zero-order valence-electron chi connectivity index (χ0n) is 42.9. The lowest BCUT2D eigenvalue weighted by molar-refractivity contribution is -0.00962. The van der Waals surface area contributed by atoms with Crippen molar-refractivity contribution in [2.24, 2.45) is 0 Å². The number of benzene rings is 2. The van der Waals surface area contributed by atoms with Gasteiger partial charge in [-0.15, -0.1) is 0 Å². The number of ether oxygens (including phenoxy) is 6. The maximum Gasteiger partial charge on any atom is 0.345 e. The van der Waals surface area contributed by atoms with Crippen LogP contribution in [0.1, 0.15) is 113 Å². The molecule has 15 nitrogen and oxygen atoms in total. The van der Waals surface area contributed by atoms with E-state index < -0.39 is 37.6 Å². The standard InChI is InChI=1S/C48H87N3O12P2/c1-45(2,3)60-64(52,61-46(4,5)6)36-50(33-40-23-17-19-26-43(40)58-38-56-31-29-54-15)35-42(25-21-22-28-49(13)14)51(37-65(53,62-47(7,8)9)63-48(10,11)12)34-41-24-18-20-27-44(41)59-39-57-32-30-55-16/h17-20,23-24,26-27,42H,21-22,25,28-39H2,1-16H3/t42-/m0/s1. The first-order valence-corrected chi connectivity index (χ1v) is 26.3. The second kappa shape index (κ2) is 27.9. The minimum Gasteiger partial charge on any atom is -0.467 e. The van der Waals surface area contributed by atoms with Gasteiger partial charge in [0.1, 0.15) is 24.1 Å². The van der Waals surface area contributed by atoms with Crippen LogP contribution in [0, 0.1) is 0 Å². The molecule has 0 bridgehead atoms. The summed E-state index contributed by atoms with van der Waals surface area (Å²) in [5.74, 6) is 1.25. The average molecular weight is 960 g/mol. The molecule has 0 aromatic heterocycles. The van der Waals surface area contributed by atoms with Gasteiger partial charge in [-0.25, -0.2) is 0 Å². The number of nitrogens with zero attached hydrogens (tertiary/aromatic N) is 3. The van der Waals surface area contributed by atoms with Crippen LogP contribution in [0.5, 0.6) is 11.5 Å². The smallest absolute Gasteiger partial charge is 0.345 e. The van der Waals surface area contributed by atoms with Crippen molar-refractivity contribution in [3.8, 4) is 11.5 Å². The Hall–Kier alpha value is -1.94. The summed E-state index contributed by atoms with van der Waals surface area (Å²) in [7, 11) is -0.352. The lowest BCUT2D eigenvalue weighted by Gasteiger charge is -2.41. The third-order valence-electron chi connectivity index (χ3n) is 8.93. The Labute approximate surface area is 393 Å². The Morgan fingerprint density at radius 2 is 0.969 bits per heavy atom. The predicted molar refractivity (Wildman–Crippen MR) is 260 cm³/mol. The SMILES string of the molecule is COCCOCOc1ccccc1CN(C[C@H](CCCCN(C)C)N(Cc1ccccc1OCOCCOC)CP(=O)(OC(C)(C)C)OC(C)(C)C)CP(=O)(OC(C)(C)C)OC(C)(C)C. The van der Waals surface area contributed by atoms with Gasteiger partial charge in [0.2, 0.25) is 0 Å². The Morgan fingerprint density at radius 1 is 0.554 bits per heavy atom. The van der Waals surface area contributed by atoms with Gasteiger partial charge >= 0.3 is 15.2 Å². The number of hydrogen-bond acceptors (Lipinski definition) is 15. The molecular formula is C48H87N3O12P2. The molecule has 0 saturated heterocycles. The molecule has 2 rings (SSSR count). The maximum atomic E-state index is 15.4. The summed E-state index contributed by atoms with van der Waals surface area (Å²) in [6, 6.07) is 15.2. The molecule has 0 aliphatic rings. The summed E-state index contributed by atoms with van der Waals surface area (Å²) in [5, 5.41) is 0. The zero-order valence-corrected chi connectivity index (χ0v) is 44.7. The van der Waals surface area contributed by atoms with E-state index in [-0.39, 0.29) is 32.2 Å². The number of methoxy groups -OCH3 is 2. The van der Waals surface area contributed by atoms with Crippen LogP contribution < -0.4 is 9.47 Å². The molecule has 0 amide bonds. The van der Waals surface area contributed by atoms with Gasteiger partial charge in [0.25, 0.3) is 0 Å². The molecule has 0 unspecified atom stereocenters. The van der Waals surface area contributed by atoms with Crippen LogP contribution >= 0.6 is 15.2 Å². The van der Waals surface area contributed by atoms with Gasteiger partial charge in [0.05, 0.1) is 48.8 Å². The van der Waals surface area contributed by atoms with E-state index in [2.05, 4.69) is 28.8 Å². The predicted octanol–water partition coefficient (Wildman–Crippen LogP) is 10.7. The van der Waals surface area contributed by atoms with Crippen molar-refractivity contribution in [1.82, 2.24) is 14.7 Å². The van der Waals surface area contributed by atoms with Crippen LogP contribution in [0.4, 0.5) is 0 Å². The molecule has 376 valence electrons. The first-order chi connectivity index (χ1) is 30.1. The molecule has 0 N–H and O–H groups in total. The Bertz CT molecular complexity index is 1680. The van der Waals surface area contributed by atoms with E-state index in [1.165, 1.54) is 0 Å². The quantitative estimate of drug-likeness (QED) is 0.0390. The second-order valence-corrected chi connectivity index (χ2v) is 24.3. The van der Waals surface area contributed by atoms with Crippen molar-refractivity contribution in [3.63, 3.8) is 0 Å². The molecule has 0 fully saturated rings. The largest absolute Gasteiger partial charge is 0.467 e. The van der Waals surface area contributed by atoms with Gasteiger partial charge < -0.3 is 51.4 Å². The van der Waals surface area contributed by atoms with Gasteiger partial charge in [-0.1, -0.05) is 42.8 Å². The molecule has 0 aliphatic heterocycles. The molecule has 0 saturated carbocycles. The third kappa shape index (κ3) is 27.0. The molecule has 0 radical (unpaired) electrons. The molecule has 0 aliphatic carbocycles. The van der Waals surface area contributed by atoms with E-state index >= 15 is 9.13 Å². The highest BCUT2D eigenvalue weighted by atomic mass is 31.2. The monoisotopic (exact) mass is 960 g/mol. The summed E-state index contributed by atoms with van der Waals surface area (Å²) in [6.45, 7) is 26.1. The van der Waals surface area contributed by atoms with Gasteiger partial charge in [-0.2, -0.15) is 0 Å². The third-order valence-corrected chi connectivity index (χ3v) is 13.7. The fraction of sp³-hybridized carbons (Fsp3) is 0.750. The average Bonchev–Trinajstić information content (AvgIpc) is 3.13. The summed E-state index contributed by atoms with van der Waals surface area (Å²) < 4.78 is 90.5. The van der Waals surface area contributed by atoms with Gasteiger partial charge in [-0.3, -0.25) is 18.9 Å². The van der Waals surface area contributed by atoms with Gasteiger partial charge in [0.15, 0.2) is 13.6 Å². The van der Waals surface area contributed by atoms with E-state index in [4.69, 9.17) is 46.5 Å². The van der Waals surface area contributed by atoms with Crippen LogP contribution in [0.3, 0.4) is 0 Å². The van der Waals surface area contributed by atoms with Crippen molar-refractivity contribution in [1.29, 1.82) is 0 Å². The zero-order chi connectivity index (χ0) is 49.0. The summed E-state index contributed by atoms with van der Waals surface area (Å²) in [4.78, 5) is 6.47. The first kappa shape index (κ1) is 59.2. The molecule has 65 heavy (non-hydrogen) atoms. The highest BCUT2D eigenvalue weighted by Crippen LogP contribution is 2.57. The number of hydrogen-bond donors (Lipinski definition) is 0. The van der Waals surface area contributed by atoms with Crippen molar-refractivity contribution in [2.45, 2.75) is 144 Å². The van der Waals surface area contributed by atoms with Crippen LogP contribution in [0.2, 0.25) is 0 Å². The van der Waals surface area contributed by atoms with E-state index in [9.17, 15) is 0 Å². The molecule has 17 heteroatoms. The van der Waals surface area contributed by atoms with Crippen LogP contribution in [0.25, 0.3) is 0 Å². The number of para-hydroxylation sites is 2. The van der Waals surface area contributed by atoms with Crippen molar-refractivity contribution in [3.05, 3.63) is 59.7 Å². The van der Waals surface area contributed by atoms with Crippen LogP contribution in [-0.4, -0.2) is 137 Å². The minimum absolute atomic E-state index is 0.0244. The molecular weight excluding hydrogens is 872 g/mol. The van der Waals surface area contributed by atoms with Crippen molar-refractivity contribution < 1.29 is 55.6 Å². The summed E-state index contributed by atoms with van der Waals surface area (Å²) in [6.07, 6.45) is 2.36. The Balaban J connectivity index is 2.89. The molecule has 2 aromatic rings. The van der Waals surface area contributed by atoms with Crippen LogP contribution in [-0.2, 0) is 59.3 Å². The Morgan fingerprint density at radius 3 is 1.38 bits per heavy atom. The molecule has 0 heterocycles. The normalized spacial score (nSPS) is 13.9. The second-order valence-electron chi connectivity index (χ2n) is 20.6. The fourth-order valence-electron chi connectivity index (χ4n) is 6.87. The van der Waals surface area contributed by atoms with Crippen molar-refractivity contribution >= 4 is 15.2 Å². The van der Waals surface area contributed by atoms with E-state index in [1.807, 2.05) is 132 Å². The highest BCUT2D eigenvalue weighted by molar-refractivity contribution is 7.54. The lowest BCUT2D eigenvalue weighted by atomic mass is 10.1. The van der Waals surface area contributed by atoms with Crippen molar-refractivity contribution in [2.75, 3.05) is 94.0 Å². The topological polar surface area (TPSA) is 136 Å². The van der Waals surface area contributed by atoms with E-state index in [0.29, 0.717) is 64.0 Å². The molecule has 1 atom stereocenters. The van der Waals surface area contributed by atoms with Gasteiger partial charge in [0, 0.05) is 51.0 Å². The van der Waals surface area contributed by atoms with E-state index in [1.54, 1.807) is 14.2 Å². The summed E-state index contributed by atoms with van der Waals surface area (Å²) >= 11 is 0. The van der Waals surface area contributed by atoms with Gasteiger partial charge in [-0.05, 0) is 129 Å². The Kier molecular flexibility index (Phi) is 25.4. The number of rotatable bonds is 32. The van der Waals surface area contributed by atoms with Crippen LogP contribution in [0.15, 0.2) is 48.5 Å². The lowest BCUT2D eigenvalue weighted by Crippen LogP contribution is -2.45. The first-order valence-electron chi connectivity index (χ1n) is 22.8. The minimum atomic E-state index is -3.88. The summed E-state index contributed by atoms with van der Waals surface area (Å²) in [5.41, 5.74) is -1.46. The highest BCUT2D eigenvalue weighted by Gasteiger charge is 2.41. The van der Waals surface area contributed by atoms with E-state index in [0.717, 1.165) is 30.5 Å². The molecule has 2 aromatic carbocycles. The molecule has 0 spiro atoms. The number of unbranched alkanes of at least 4 members (excludes halogenated alkanes) is 1. The maximum absolute atomic E-state index is 15.4.